The van der Waals surface area contributed by atoms with Gasteiger partial charge in [0.25, 0.3) is 0 Å². The molecule has 0 aromatic carbocycles. The van der Waals surface area contributed by atoms with Crippen molar-refractivity contribution < 1.29 is 23.8 Å². The largest absolute Gasteiger partial charge is 0.469 e. The number of ether oxygens (including phenoxy) is 3. The number of methoxy groups -OCH3 is 3. The highest BCUT2D eigenvalue weighted by Crippen LogP contribution is 2.20. The monoisotopic (exact) mass is 232 g/mol. The van der Waals surface area contributed by atoms with Crippen molar-refractivity contribution in [1.29, 1.82) is 0 Å². The molecule has 0 aromatic rings. The maximum atomic E-state index is 11.6. The lowest BCUT2D eigenvalue weighted by molar-refractivity contribution is -0.166. The normalized spacial score (nSPS) is 14.4. The zero-order chi connectivity index (χ0) is 12.7. The smallest absolute Gasteiger partial charge is 0.335 e. The van der Waals surface area contributed by atoms with Gasteiger partial charge in [-0.05, 0) is 12.3 Å². The van der Waals surface area contributed by atoms with Crippen LogP contribution in [0.25, 0.3) is 0 Å². The van der Waals surface area contributed by atoms with Gasteiger partial charge >= 0.3 is 11.9 Å². The molecule has 0 aromatic heterocycles. The quantitative estimate of drug-likeness (QED) is 0.639. The molecular formula is C11H20O5. The Morgan fingerprint density at radius 3 is 1.81 bits per heavy atom. The summed E-state index contributed by atoms with van der Waals surface area (Å²) in [6.45, 7) is 3.92. The minimum atomic E-state index is -0.903. The molecule has 2 atom stereocenters. The molecule has 0 fully saturated rings. The summed E-state index contributed by atoms with van der Waals surface area (Å²) >= 11 is 0. The van der Waals surface area contributed by atoms with Crippen LogP contribution in [0.3, 0.4) is 0 Å². The first-order chi connectivity index (χ1) is 7.47. The molecule has 0 spiro atoms. The lowest BCUT2D eigenvalue weighted by Gasteiger charge is -2.23. The van der Waals surface area contributed by atoms with Crippen molar-refractivity contribution >= 4 is 11.9 Å². The van der Waals surface area contributed by atoms with Gasteiger partial charge in [-0.2, -0.15) is 0 Å². The lowest BCUT2D eigenvalue weighted by atomic mass is 9.92. The molecule has 0 aliphatic carbocycles. The van der Waals surface area contributed by atoms with Crippen LogP contribution in [0.1, 0.15) is 20.3 Å². The first-order valence-corrected chi connectivity index (χ1v) is 5.16. The highest BCUT2D eigenvalue weighted by atomic mass is 16.6. The summed E-state index contributed by atoms with van der Waals surface area (Å²) < 4.78 is 14.3. The molecule has 5 heteroatoms. The van der Waals surface area contributed by atoms with Gasteiger partial charge in [0, 0.05) is 7.11 Å². The first-order valence-electron chi connectivity index (χ1n) is 5.16. The van der Waals surface area contributed by atoms with Gasteiger partial charge in [-0.25, -0.2) is 4.79 Å². The molecule has 0 aliphatic heterocycles. The van der Waals surface area contributed by atoms with Gasteiger partial charge in [-0.15, -0.1) is 0 Å². The molecule has 0 saturated heterocycles. The Kier molecular flexibility index (Phi) is 6.72. The van der Waals surface area contributed by atoms with E-state index in [1.807, 2.05) is 13.8 Å². The Morgan fingerprint density at radius 1 is 1.00 bits per heavy atom. The molecule has 16 heavy (non-hydrogen) atoms. The molecule has 0 unspecified atom stereocenters. The van der Waals surface area contributed by atoms with Crippen LogP contribution in [-0.4, -0.2) is 39.4 Å². The van der Waals surface area contributed by atoms with E-state index < -0.39 is 24.0 Å². The molecule has 0 rings (SSSR count). The SMILES string of the molecule is COC(=O)[C@@H](OC)[C@@H](CC(C)C)C(=O)OC. The van der Waals surface area contributed by atoms with Crippen LogP contribution < -0.4 is 0 Å². The summed E-state index contributed by atoms with van der Waals surface area (Å²) in [5, 5.41) is 0. The van der Waals surface area contributed by atoms with Gasteiger partial charge in [0.05, 0.1) is 20.1 Å². The third kappa shape index (κ3) is 4.18. The van der Waals surface area contributed by atoms with Crippen LogP contribution in [-0.2, 0) is 23.8 Å². The van der Waals surface area contributed by atoms with Gasteiger partial charge in [-0.1, -0.05) is 13.8 Å². The number of hydrogen-bond donors (Lipinski definition) is 0. The lowest BCUT2D eigenvalue weighted by Crippen LogP contribution is -2.38. The molecule has 94 valence electrons. The summed E-state index contributed by atoms with van der Waals surface area (Å²) in [6, 6.07) is 0. The van der Waals surface area contributed by atoms with E-state index in [9.17, 15) is 9.59 Å². The van der Waals surface area contributed by atoms with Gasteiger partial charge < -0.3 is 14.2 Å². The highest BCUT2D eigenvalue weighted by Gasteiger charge is 2.35. The molecule has 0 radical (unpaired) electrons. The fourth-order valence-electron chi connectivity index (χ4n) is 1.54. The van der Waals surface area contributed by atoms with E-state index in [0.717, 1.165) is 0 Å². The Labute approximate surface area is 96.1 Å². The zero-order valence-corrected chi connectivity index (χ0v) is 10.5. The van der Waals surface area contributed by atoms with E-state index in [4.69, 9.17) is 4.74 Å². The van der Waals surface area contributed by atoms with Crippen molar-refractivity contribution in [2.24, 2.45) is 11.8 Å². The predicted octanol–water partition coefficient (Wildman–Crippen LogP) is 1.01. The first kappa shape index (κ1) is 14.9. The Morgan fingerprint density at radius 2 is 1.50 bits per heavy atom. The van der Waals surface area contributed by atoms with E-state index in [-0.39, 0.29) is 5.92 Å². The summed E-state index contributed by atoms with van der Waals surface area (Å²) in [4.78, 5) is 23.0. The summed E-state index contributed by atoms with van der Waals surface area (Å²) in [5.41, 5.74) is 0. The second-order valence-electron chi connectivity index (χ2n) is 3.94. The molecular weight excluding hydrogens is 212 g/mol. The molecule has 0 aliphatic rings. The maximum Gasteiger partial charge on any atom is 0.335 e. The van der Waals surface area contributed by atoms with Crippen LogP contribution in [0.15, 0.2) is 0 Å². The topological polar surface area (TPSA) is 61.8 Å². The second-order valence-corrected chi connectivity index (χ2v) is 3.94. The highest BCUT2D eigenvalue weighted by molar-refractivity contribution is 5.83. The van der Waals surface area contributed by atoms with Gasteiger partial charge in [0.2, 0.25) is 0 Å². The van der Waals surface area contributed by atoms with Crippen molar-refractivity contribution in [3.8, 4) is 0 Å². The number of esters is 2. The standard InChI is InChI=1S/C11H20O5/c1-7(2)6-8(10(12)15-4)9(14-3)11(13)16-5/h7-9H,6H2,1-5H3/t8-,9+/m1/s1. The molecule has 0 heterocycles. The number of carbonyl (C=O) groups is 2. The number of hydrogen-bond acceptors (Lipinski definition) is 5. The van der Waals surface area contributed by atoms with Crippen molar-refractivity contribution in [2.75, 3.05) is 21.3 Å². The fraction of sp³-hybridized carbons (Fsp3) is 0.818. The van der Waals surface area contributed by atoms with Crippen molar-refractivity contribution in [3.05, 3.63) is 0 Å². The molecule has 0 saturated carbocycles. The molecule has 0 bridgehead atoms. The van der Waals surface area contributed by atoms with Crippen LogP contribution >= 0.6 is 0 Å². The maximum absolute atomic E-state index is 11.6. The van der Waals surface area contributed by atoms with E-state index in [2.05, 4.69) is 9.47 Å². The van der Waals surface area contributed by atoms with Gasteiger partial charge in [0.15, 0.2) is 6.10 Å². The number of rotatable bonds is 6. The van der Waals surface area contributed by atoms with Crippen LogP contribution in [0.5, 0.6) is 0 Å². The average Bonchev–Trinajstić information content (AvgIpc) is 2.26. The third-order valence-corrected chi connectivity index (χ3v) is 2.28. The Balaban J connectivity index is 4.82. The van der Waals surface area contributed by atoms with Crippen molar-refractivity contribution in [2.45, 2.75) is 26.4 Å². The number of carbonyl (C=O) groups excluding carboxylic acids is 2. The van der Waals surface area contributed by atoms with Gasteiger partial charge in [0.1, 0.15) is 0 Å². The summed E-state index contributed by atoms with van der Waals surface area (Å²) in [6.07, 6.45) is -0.389. The molecule has 0 N–H and O–H groups in total. The van der Waals surface area contributed by atoms with E-state index in [1.165, 1.54) is 21.3 Å². The van der Waals surface area contributed by atoms with Crippen LogP contribution in [0.4, 0.5) is 0 Å². The van der Waals surface area contributed by atoms with Crippen LogP contribution in [0.2, 0.25) is 0 Å². The van der Waals surface area contributed by atoms with Crippen molar-refractivity contribution in [3.63, 3.8) is 0 Å². The average molecular weight is 232 g/mol. The summed E-state index contributed by atoms with van der Waals surface area (Å²) in [7, 11) is 3.93. The van der Waals surface area contributed by atoms with Gasteiger partial charge in [-0.3, -0.25) is 4.79 Å². The van der Waals surface area contributed by atoms with E-state index in [0.29, 0.717) is 6.42 Å². The molecule has 0 amide bonds. The van der Waals surface area contributed by atoms with E-state index >= 15 is 0 Å². The predicted molar refractivity (Wildman–Crippen MR) is 57.8 cm³/mol. The Bertz CT molecular complexity index is 237. The minimum Gasteiger partial charge on any atom is -0.469 e. The van der Waals surface area contributed by atoms with E-state index in [1.54, 1.807) is 0 Å². The summed E-state index contributed by atoms with van der Waals surface area (Å²) in [5.74, 6) is -1.38. The zero-order valence-electron chi connectivity index (χ0n) is 10.5. The third-order valence-electron chi connectivity index (χ3n) is 2.28. The van der Waals surface area contributed by atoms with Crippen molar-refractivity contribution in [1.82, 2.24) is 0 Å². The fourth-order valence-corrected chi connectivity index (χ4v) is 1.54. The second kappa shape index (κ2) is 7.22. The molecule has 5 nitrogen and oxygen atoms in total. The van der Waals surface area contributed by atoms with Crippen LogP contribution in [0, 0.1) is 11.8 Å². The Hall–Kier alpha value is -1.10. The minimum absolute atomic E-state index is 0.256.